The average Bonchev–Trinajstić information content (AvgIpc) is 3.05. The second-order valence-electron chi connectivity index (χ2n) is 13.2. The second-order valence-corrected chi connectivity index (χ2v) is 18.3. The molecule has 6 rings (SSSR count). The van der Waals surface area contributed by atoms with E-state index in [1.54, 1.807) is 0 Å². The van der Waals surface area contributed by atoms with Crippen LogP contribution in [0.2, 0.25) is 19.6 Å². The maximum Gasteiger partial charge on any atom is 0.162 e. The number of para-hydroxylation sites is 1. The molecular weight excluding hydrogens is 773 g/mol. The fraction of sp³-hybridized carbons (Fsp3) is 0.317. The van der Waals surface area contributed by atoms with Crippen LogP contribution in [0.1, 0.15) is 53.4 Å². The third-order valence-corrected chi connectivity index (χ3v) is 11.3. The molecule has 4 aromatic carbocycles. The second kappa shape index (κ2) is 15.6. The number of aliphatic hydroxyl groups is 1. The van der Waals surface area contributed by atoms with Gasteiger partial charge in [0.2, 0.25) is 0 Å². The summed E-state index contributed by atoms with van der Waals surface area (Å²) in [6, 6.07) is 33.8. The topological polar surface area (TPSA) is 53.4 Å². The average molecular weight is 820 g/mol. The molecule has 0 bridgehead atoms. The van der Waals surface area contributed by atoms with Crippen LogP contribution < -0.4 is 10.1 Å². The first-order chi connectivity index (χ1) is 22.1. The third kappa shape index (κ3) is 7.46. The van der Waals surface area contributed by atoms with E-state index in [1.165, 1.54) is 33.1 Å². The van der Waals surface area contributed by atoms with Gasteiger partial charge in [0.25, 0.3) is 0 Å². The van der Waals surface area contributed by atoms with Crippen LogP contribution in [0.25, 0.3) is 32.9 Å². The summed E-state index contributed by atoms with van der Waals surface area (Å²) in [5.74, 6) is 0.547. The van der Waals surface area contributed by atoms with Crippen molar-refractivity contribution in [2.75, 3.05) is 4.90 Å². The number of carbonyl (C=O) groups excluding carboxylic acids is 1. The molecule has 0 aliphatic carbocycles. The largest absolute Gasteiger partial charge is 0.512 e. The molecule has 0 unspecified atom stereocenters. The number of anilines is 3. The molecule has 5 aromatic rings. The van der Waals surface area contributed by atoms with Crippen LogP contribution in [0.15, 0.2) is 96.8 Å². The molecule has 0 spiro atoms. The van der Waals surface area contributed by atoms with Gasteiger partial charge in [-0.05, 0) is 61.4 Å². The van der Waals surface area contributed by atoms with E-state index < -0.39 is 8.07 Å². The number of aromatic nitrogens is 1. The van der Waals surface area contributed by atoms with E-state index in [0.29, 0.717) is 0 Å². The summed E-state index contributed by atoms with van der Waals surface area (Å²) in [7, 11) is -1.53. The van der Waals surface area contributed by atoms with Crippen molar-refractivity contribution in [3.8, 4) is 11.3 Å². The first-order valence-corrected chi connectivity index (χ1v) is 20.3. The molecule has 1 aliphatic heterocycles. The summed E-state index contributed by atoms with van der Waals surface area (Å²) in [5, 5.41) is 14.9. The normalized spacial score (nSPS) is 12.5. The van der Waals surface area contributed by atoms with Crippen molar-refractivity contribution < 1.29 is 30.0 Å². The van der Waals surface area contributed by atoms with Gasteiger partial charge in [-0.1, -0.05) is 106 Å². The minimum Gasteiger partial charge on any atom is -0.512 e. The van der Waals surface area contributed by atoms with Gasteiger partial charge in [0.05, 0.1) is 19.3 Å². The Kier molecular flexibility index (Phi) is 12.0. The van der Waals surface area contributed by atoms with Crippen molar-refractivity contribution in [3.05, 3.63) is 103 Å². The van der Waals surface area contributed by atoms with Crippen molar-refractivity contribution in [1.82, 2.24) is 4.98 Å². The van der Waals surface area contributed by atoms with E-state index in [4.69, 9.17) is 4.98 Å². The van der Waals surface area contributed by atoms with E-state index in [1.807, 2.05) is 33.8 Å². The van der Waals surface area contributed by atoms with Gasteiger partial charge in [-0.2, -0.15) is 0 Å². The van der Waals surface area contributed by atoms with Crippen LogP contribution in [0.3, 0.4) is 0 Å². The number of benzene rings is 4. The first kappa shape index (κ1) is 36.3. The molecule has 1 N–H and O–H groups in total. The summed E-state index contributed by atoms with van der Waals surface area (Å²) in [6.07, 6.45) is 4.91. The maximum absolute atomic E-state index is 11.7. The molecule has 1 aliphatic rings. The van der Waals surface area contributed by atoms with E-state index in [-0.39, 0.29) is 43.5 Å². The molecule has 0 atom stereocenters. The van der Waals surface area contributed by atoms with Crippen molar-refractivity contribution in [3.63, 3.8) is 0 Å². The number of aliphatic hydroxyl groups excluding tert-OH is 1. The minimum absolute atomic E-state index is 0. The number of hydrogen-bond acceptors (Lipinski definition) is 4. The Morgan fingerprint density at radius 2 is 1.51 bits per heavy atom. The van der Waals surface area contributed by atoms with Crippen molar-refractivity contribution in [2.45, 2.75) is 73.0 Å². The molecule has 247 valence electrons. The van der Waals surface area contributed by atoms with Gasteiger partial charge in [0.1, 0.15) is 0 Å². The molecule has 0 amide bonds. The summed E-state index contributed by atoms with van der Waals surface area (Å²) in [5.41, 5.74) is 6.64. The van der Waals surface area contributed by atoms with Crippen molar-refractivity contribution in [2.24, 2.45) is 11.8 Å². The third-order valence-electron chi connectivity index (χ3n) is 9.28. The van der Waals surface area contributed by atoms with Gasteiger partial charge in [-0.25, -0.2) is 0 Å². The van der Waals surface area contributed by atoms with Crippen LogP contribution in [-0.2, 0) is 24.9 Å². The molecule has 1 aromatic heterocycles. The molecule has 2 heterocycles. The van der Waals surface area contributed by atoms with Gasteiger partial charge in [-0.15, -0.1) is 23.8 Å². The Balaban J connectivity index is 0.000000269. The van der Waals surface area contributed by atoms with Crippen LogP contribution in [0, 0.1) is 17.9 Å². The molecule has 0 fully saturated rings. The number of ketones is 1. The molecule has 4 nitrogen and oxygen atoms in total. The Morgan fingerprint density at radius 1 is 0.851 bits per heavy atom. The Labute approximate surface area is 295 Å². The Morgan fingerprint density at radius 3 is 2.15 bits per heavy atom. The number of fused-ring (bicyclic) bond motifs is 3. The Hall–Kier alpha value is -3.57. The standard InChI is InChI=1S/C28H23N2Si.C13H24O2.Ir/c1-31(2,3)26-17-9-15-23-22(26)18-25-28(29-23)21-14-7-10-19-11-8-16-24(27(19)21)30(25)20-12-5-4-6-13-20;1-5-10(6-2)12(14)9-13(15)11(7-3)8-4;/h4-13,15-18H,1-3H3;9-11,14H,5-8H2,1-4H3;/q-1;;/b;12-9-;. The summed E-state index contributed by atoms with van der Waals surface area (Å²) >= 11 is 0. The van der Waals surface area contributed by atoms with Gasteiger partial charge >= 0.3 is 0 Å². The van der Waals surface area contributed by atoms with Gasteiger partial charge in [0, 0.05) is 60.8 Å². The molecule has 6 heteroatoms. The predicted octanol–water partition coefficient (Wildman–Crippen LogP) is 11.1. The number of nitrogens with zero attached hydrogens (tertiary/aromatic N) is 2. The Bertz CT molecular complexity index is 1870. The smallest absolute Gasteiger partial charge is 0.162 e. The van der Waals surface area contributed by atoms with E-state index in [2.05, 4.69) is 109 Å². The fourth-order valence-corrected chi connectivity index (χ4v) is 8.19. The van der Waals surface area contributed by atoms with Crippen LogP contribution in [0.4, 0.5) is 17.1 Å². The number of allylic oxidation sites excluding steroid dienone is 2. The summed E-state index contributed by atoms with van der Waals surface area (Å²) in [4.78, 5) is 19.3. The van der Waals surface area contributed by atoms with Crippen molar-refractivity contribution >= 4 is 57.8 Å². The van der Waals surface area contributed by atoms with Crippen LogP contribution >= 0.6 is 0 Å². The zero-order chi connectivity index (χ0) is 33.0. The van der Waals surface area contributed by atoms with Crippen LogP contribution in [0.5, 0.6) is 0 Å². The quantitative estimate of drug-likeness (QED) is 0.0683. The maximum atomic E-state index is 11.7. The number of carbonyl (C=O) groups is 1. The van der Waals surface area contributed by atoms with E-state index >= 15 is 0 Å². The zero-order valence-corrected chi connectivity index (χ0v) is 32.1. The predicted molar refractivity (Wildman–Crippen MR) is 199 cm³/mol. The van der Waals surface area contributed by atoms with Gasteiger partial charge in [0.15, 0.2) is 5.78 Å². The summed E-state index contributed by atoms with van der Waals surface area (Å²) < 4.78 is 0. The molecule has 1 radical (unpaired) electrons. The van der Waals surface area contributed by atoms with Crippen LogP contribution in [-0.4, -0.2) is 23.9 Å². The zero-order valence-electron chi connectivity index (χ0n) is 28.7. The number of pyridine rings is 1. The van der Waals surface area contributed by atoms with E-state index in [9.17, 15) is 9.90 Å². The molecule has 0 saturated heterocycles. The number of hydrogen-bond donors (Lipinski definition) is 1. The molecule has 0 saturated carbocycles. The molecule has 47 heavy (non-hydrogen) atoms. The monoisotopic (exact) mass is 820 g/mol. The first-order valence-electron chi connectivity index (χ1n) is 16.8. The van der Waals surface area contributed by atoms with Gasteiger partial charge < -0.3 is 10.0 Å². The SMILES string of the molecule is CCC(CC)C(=O)/C=C(\O)C(CC)CC.C[Si](C)(C)c1cccc2nc3c(cc12)N(c1ccccc1)c1cccc2cc[c-]c-3c12.[Ir]. The van der Waals surface area contributed by atoms with E-state index in [0.717, 1.165) is 53.8 Å². The number of rotatable bonds is 9. The van der Waals surface area contributed by atoms with Gasteiger partial charge in [-0.3, -0.25) is 9.78 Å². The molecular formula is C41H47IrN2O2Si-. The van der Waals surface area contributed by atoms with Crippen molar-refractivity contribution in [1.29, 1.82) is 0 Å². The summed E-state index contributed by atoms with van der Waals surface area (Å²) in [6.45, 7) is 15.3. The fourth-order valence-electron chi connectivity index (χ4n) is 6.59. The minimum atomic E-state index is -1.53.